The molecule has 0 spiro atoms. The number of aromatic nitrogens is 2. The summed E-state index contributed by atoms with van der Waals surface area (Å²) in [6.07, 6.45) is 2.02. The fourth-order valence-electron chi connectivity index (χ4n) is 2.19. The average molecular weight is 286 g/mol. The summed E-state index contributed by atoms with van der Waals surface area (Å²) in [5, 5.41) is 0.261. The van der Waals surface area contributed by atoms with Gasteiger partial charge in [0.2, 0.25) is 0 Å². The first kappa shape index (κ1) is 13.4. The molecule has 0 saturated heterocycles. The number of aryl methyl sites for hydroxylation is 2. The zero-order valence-corrected chi connectivity index (χ0v) is 11.1. The molecular weight excluding hydrogens is 274 g/mol. The van der Waals surface area contributed by atoms with Crippen LogP contribution in [0.2, 0.25) is 0 Å². The molecule has 0 fully saturated rings. The van der Waals surface area contributed by atoms with E-state index < -0.39 is 5.82 Å². The Morgan fingerprint density at radius 3 is 2.48 bits per heavy atom. The number of hydrogen-bond acceptors (Lipinski definition) is 2. The lowest BCUT2D eigenvalue weighted by Gasteiger charge is -2.07. The van der Waals surface area contributed by atoms with Crippen molar-refractivity contribution in [2.75, 3.05) is 0 Å². The predicted octanol–water partition coefficient (Wildman–Crippen LogP) is 2.92. The van der Waals surface area contributed by atoms with E-state index in [1.165, 1.54) is 41.2 Å². The van der Waals surface area contributed by atoms with Gasteiger partial charge in [0, 0.05) is 6.54 Å². The van der Waals surface area contributed by atoms with Crippen LogP contribution >= 0.6 is 0 Å². The first-order chi connectivity index (χ1) is 10.1. The molecule has 106 valence electrons. The first-order valence-electron chi connectivity index (χ1n) is 6.52. The van der Waals surface area contributed by atoms with Crippen LogP contribution in [0.15, 0.2) is 53.6 Å². The van der Waals surface area contributed by atoms with Crippen LogP contribution in [0.25, 0.3) is 10.9 Å². The van der Waals surface area contributed by atoms with Crippen molar-refractivity contribution in [3.8, 4) is 0 Å². The van der Waals surface area contributed by atoms with E-state index in [1.807, 2.05) is 0 Å². The number of nitrogens with zero attached hydrogens (tertiary/aromatic N) is 2. The van der Waals surface area contributed by atoms with Gasteiger partial charge in [0.05, 0.1) is 17.2 Å². The van der Waals surface area contributed by atoms with Crippen LogP contribution in [0.3, 0.4) is 0 Å². The molecule has 2 aromatic carbocycles. The van der Waals surface area contributed by atoms with E-state index in [-0.39, 0.29) is 16.8 Å². The fraction of sp³-hybridized carbons (Fsp3) is 0.125. The second-order valence-corrected chi connectivity index (χ2v) is 4.78. The Balaban J connectivity index is 1.89. The van der Waals surface area contributed by atoms with Crippen molar-refractivity contribution in [2.24, 2.45) is 0 Å². The lowest BCUT2D eigenvalue weighted by molar-refractivity contribution is 0.623. The standard InChI is InChI=1S/C16H12F2N2O/c17-12-3-1-11(2-4-12)7-8-20-10-19-15-6-5-13(18)9-14(15)16(20)21/h1-6,9-10H,7-8H2. The smallest absolute Gasteiger partial charge is 0.261 e. The van der Waals surface area contributed by atoms with Crippen LogP contribution in [0.4, 0.5) is 8.78 Å². The second kappa shape index (κ2) is 5.44. The van der Waals surface area contributed by atoms with Gasteiger partial charge in [-0.3, -0.25) is 9.36 Å². The second-order valence-electron chi connectivity index (χ2n) is 4.78. The predicted molar refractivity (Wildman–Crippen MR) is 76.1 cm³/mol. The summed E-state index contributed by atoms with van der Waals surface area (Å²) in [6.45, 7) is 0.407. The molecule has 3 aromatic rings. The first-order valence-corrected chi connectivity index (χ1v) is 6.52. The zero-order valence-electron chi connectivity index (χ0n) is 11.1. The summed E-state index contributed by atoms with van der Waals surface area (Å²) in [5.74, 6) is -0.753. The summed E-state index contributed by atoms with van der Waals surface area (Å²) in [6, 6.07) is 10.1. The van der Waals surface area contributed by atoms with E-state index in [4.69, 9.17) is 0 Å². The largest absolute Gasteiger partial charge is 0.298 e. The molecule has 0 atom stereocenters. The number of benzene rings is 2. The molecule has 0 aliphatic rings. The number of rotatable bonds is 3. The van der Waals surface area contributed by atoms with Crippen LogP contribution in [0, 0.1) is 11.6 Å². The maximum absolute atomic E-state index is 13.2. The minimum Gasteiger partial charge on any atom is -0.298 e. The minimum absolute atomic E-state index is 0.261. The van der Waals surface area contributed by atoms with Gasteiger partial charge in [0.25, 0.3) is 5.56 Å². The lowest BCUT2D eigenvalue weighted by atomic mass is 10.1. The Morgan fingerprint density at radius 2 is 1.71 bits per heavy atom. The molecule has 0 radical (unpaired) electrons. The van der Waals surface area contributed by atoms with Gasteiger partial charge in [0.1, 0.15) is 11.6 Å². The number of hydrogen-bond donors (Lipinski definition) is 0. The molecule has 0 bridgehead atoms. The Hall–Kier alpha value is -2.56. The maximum Gasteiger partial charge on any atom is 0.261 e. The highest BCUT2D eigenvalue weighted by atomic mass is 19.1. The van der Waals surface area contributed by atoms with E-state index in [2.05, 4.69) is 4.98 Å². The van der Waals surface area contributed by atoms with Gasteiger partial charge in [-0.25, -0.2) is 13.8 Å². The van der Waals surface area contributed by atoms with Gasteiger partial charge in [-0.05, 0) is 42.3 Å². The van der Waals surface area contributed by atoms with Gasteiger partial charge < -0.3 is 0 Å². The monoisotopic (exact) mass is 286 g/mol. The van der Waals surface area contributed by atoms with E-state index >= 15 is 0 Å². The maximum atomic E-state index is 13.2. The molecule has 5 heteroatoms. The van der Waals surface area contributed by atoms with E-state index in [9.17, 15) is 13.6 Å². The van der Waals surface area contributed by atoms with E-state index in [0.717, 1.165) is 5.56 Å². The lowest BCUT2D eigenvalue weighted by Crippen LogP contribution is -2.21. The van der Waals surface area contributed by atoms with Gasteiger partial charge in [-0.2, -0.15) is 0 Å². The number of halogens is 2. The van der Waals surface area contributed by atoms with E-state index in [0.29, 0.717) is 18.5 Å². The van der Waals surface area contributed by atoms with Crippen molar-refractivity contribution in [2.45, 2.75) is 13.0 Å². The van der Waals surface area contributed by atoms with Gasteiger partial charge in [0.15, 0.2) is 0 Å². The third-order valence-corrected chi connectivity index (χ3v) is 3.34. The Labute approximate surface area is 119 Å². The molecule has 1 aromatic heterocycles. The molecular formula is C16H12F2N2O. The Morgan fingerprint density at radius 1 is 1.00 bits per heavy atom. The zero-order chi connectivity index (χ0) is 14.8. The normalized spacial score (nSPS) is 11.0. The third kappa shape index (κ3) is 2.81. The summed E-state index contributed by atoms with van der Waals surface area (Å²) in [4.78, 5) is 16.4. The average Bonchev–Trinajstić information content (AvgIpc) is 2.49. The Bertz CT molecular complexity index is 841. The topological polar surface area (TPSA) is 34.9 Å². The van der Waals surface area contributed by atoms with Crippen LogP contribution in [-0.2, 0) is 13.0 Å². The summed E-state index contributed by atoms with van der Waals surface area (Å²) < 4.78 is 27.5. The molecule has 0 aliphatic heterocycles. The van der Waals surface area contributed by atoms with Crippen LogP contribution in [-0.4, -0.2) is 9.55 Å². The summed E-state index contributed by atoms with van der Waals surface area (Å²) in [7, 11) is 0. The Kier molecular flexibility index (Phi) is 3.48. The van der Waals surface area contributed by atoms with Crippen molar-refractivity contribution >= 4 is 10.9 Å². The van der Waals surface area contributed by atoms with Crippen molar-refractivity contribution in [1.29, 1.82) is 0 Å². The van der Waals surface area contributed by atoms with Crippen LogP contribution in [0.1, 0.15) is 5.56 Å². The third-order valence-electron chi connectivity index (χ3n) is 3.34. The van der Waals surface area contributed by atoms with Crippen molar-refractivity contribution < 1.29 is 8.78 Å². The van der Waals surface area contributed by atoms with Crippen molar-refractivity contribution in [1.82, 2.24) is 9.55 Å². The van der Waals surface area contributed by atoms with Crippen LogP contribution in [0.5, 0.6) is 0 Å². The molecule has 21 heavy (non-hydrogen) atoms. The highest BCUT2D eigenvalue weighted by Gasteiger charge is 2.05. The van der Waals surface area contributed by atoms with Gasteiger partial charge >= 0.3 is 0 Å². The molecule has 0 unspecified atom stereocenters. The van der Waals surface area contributed by atoms with Gasteiger partial charge in [-0.15, -0.1) is 0 Å². The molecule has 3 nitrogen and oxygen atoms in total. The van der Waals surface area contributed by atoms with Gasteiger partial charge in [-0.1, -0.05) is 12.1 Å². The molecule has 0 N–H and O–H groups in total. The highest BCUT2D eigenvalue weighted by molar-refractivity contribution is 5.77. The summed E-state index contributed by atoms with van der Waals surface area (Å²) in [5.41, 5.74) is 1.11. The molecule has 1 heterocycles. The van der Waals surface area contributed by atoms with E-state index in [1.54, 1.807) is 12.1 Å². The summed E-state index contributed by atoms with van der Waals surface area (Å²) >= 11 is 0. The highest BCUT2D eigenvalue weighted by Crippen LogP contribution is 2.09. The molecule has 0 aliphatic carbocycles. The quantitative estimate of drug-likeness (QED) is 0.742. The minimum atomic E-state index is -0.460. The SMILES string of the molecule is O=c1c2cc(F)ccc2ncn1CCc1ccc(F)cc1. The van der Waals surface area contributed by atoms with Crippen LogP contribution < -0.4 is 5.56 Å². The van der Waals surface area contributed by atoms with Crippen molar-refractivity contribution in [3.63, 3.8) is 0 Å². The van der Waals surface area contributed by atoms with Crippen molar-refractivity contribution in [3.05, 3.63) is 76.3 Å². The fourth-order valence-corrected chi connectivity index (χ4v) is 2.19. The molecule has 0 saturated carbocycles. The number of fused-ring (bicyclic) bond motifs is 1. The molecule has 3 rings (SSSR count). The molecule has 0 amide bonds.